The van der Waals surface area contributed by atoms with Crippen molar-refractivity contribution in [2.24, 2.45) is 0 Å². The van der Waals surface area contributed by atoms with Gasteiger partial charge in [-0.2, -0.15) is 0 Å². The zero-order valence-corrected chi connectivity index (χ0v) is 7.75. The van der Waals surface area contributed by atoms with Crippen LogP contribution in [0.25, 0.3) is 10.9 Å². The number of hydrogen-bond donors (Lipinski definition) is 2. The highest BCUT2D eigenvalue weighted by Crippen LogP contribution is 2.22. The maximum Gasteiger partial charge on any atom is 0.296 e. The van der Waals surface area contributed by atoms with E-state index in [1.54, 1.807) is 0 Å². The lowest BCUT2D eigenvalue weighted by Crippen LogP contribution is -2.22. The Kier molecular flexibility index (Phi) is 2.19. The monoisotopic (exact) mass is 225 g/mol. The van der Waals surface area contributed by atoms with Crippen molar-refractivity contribution in [3.05, 3.63) is 50.4 Å². The molecule has 0 amide bonds. The quantitative estimate of drug-likeness (QED) is 0.653. The van der Waals surface area contributed by atoms with Crippen LogP contribution in [0, 0.1) is 11.6 Å². The number of nitrogens with one attached hydrogen (secondary N) is 1. The van der Waals surface area contributed by atoms with Gasteiger partial charge in [-0.05, 0) is 6.07 Å². The van der Waals surface area contributed by atoms with Crippen molar-refractivity contribution in [1.82, 2.24) is 4.98 Å². The van der Waals surface area contributed by atoms with Crippen molar-refractivity contribution in [3.8, 4) is 5.75 Å². The number of halogens is 2. The Morgan fingerprint density at radius 2 is 1.69 bits per heavy atom. The van der Waals surface area contributed by atoms with Crippen molar-refractivity contribution in [2.45, 2.75) is 0 Å². The summed E-state index contributed by atoms with van der Waals surface area (Å²) in [5.41, 5.74) is -2.16. The Morgan fingerprint density at radius 3 is 2.38 bits per heavy atom. The molecule has 0 bridgehead atoms. The minimum absolute atomic E-state index is 0.141. The van der Waals surface area contributed by atoms with E-state index in [-0.39, 0.29) is 10.9 Å². The third-order valence-corrected chi connectivity index (χ3v) is 2.08. The minimum atomic E-state index is -1.18. The zero-order valence-electron chi connectivity index (χ0n) is 7.75. The third kappa shape index (κ3) is 1.54. The summed E-state index contributed by atoms with van der Waals surface area (Å²) in [6.45, 7) is 0. The van der Waals surface area contributed by atoms with Crippen LogP contribution in [-0.2, 0) is 0 Å². The molecule has 0 fully saturated rings. The molecule has 0 saturated heterocycles. The summed E-state index contributed by atoms with van der Waals surface area (Å²) < 4.78 is 25.8. The molecule has 0 unspecified atom stereocenters. The Hall–Kier alpha value is -2.24. The van der Waals surface area contributed by atoms with Crippen LogP contribution in [0.5, 0.6) is 5.75 Å². The van der Waals surface area contributed by atoms with Gasteiger partial charge < -0.3 is 10.1 Å². The molecule has 4 nitrogen and oxygen atoms in total. The lowest BCUT2D eigenvalue weighted by Gasteiger charge is -1.96. The zero-order chi connectivity index (χ0) is 11.9. The van der Waals surface area contributed by atoms with E-state index in [0.717, 1.165) is 0 Å². The average Bonchev–Trinajstić information content (AvgIpc) is 2.30. The van der Waals surface area contributed by atoms with E-state index in [2.05, 4.69) is 4.98 Å². The predicted octanol–water partition coefficient (Wildman–Crippen LogP) is 0.872. The molecule has 1 heterocycles. The molecule has 2 aromatic rings. The number of benzene rings is 1. The summed E-state index contributed by atoms with van der Waals surface area (Å²) in [4.78, 5) is 24.2. The number of H-pyrrole nitrogens is 1. The van der Waals surface area contributed by atoms with Gasteiger partial charge in [0.15, 0.2) is 11.6 Å². The molecule has 0 atom stereocenters. The van der Waals surface area contributed by atoms with Gasteiger partial charge in [-0.15, -0.1) is 0 Å². The number of hydrogen-bond acceptors (Lipinski definition) is 3. The normalized spacial score (nSPS) is 10.6. The van der Waals surface area contributed by atoms with Crippen molar-refractivity contribution in [2.75, 3.05) is 0 Å². The molecule has 2 N–H and O–H groups in total. The second kappa shape index (κ2) is 3.41. The van der Waals surface area contributed by atoms with Crippen LogP contribution < -0.4 is 11.0 Å². The fraction of sp³-hybridized carbons (Fsp3) is 0. The molecule has 0 aliphatic heterocycles. The Balaban J connectivity index is 3.10. The molecule has 0 aliphatic carbocycles. The van der Waals surface area contributed by atoms with E-state index < -0.39 is 28.4 Å². The number of fused-ring (bicyclic) bond motifs is 1. The van der Waals surface area contributed by atoms with E-state index in [0.29, 0.717) is 18.2 Å². The molecule has 0 radical (unpaired) electrons. The minimum Gasteiger partial charge on any atom is -0.507 e. The highest BCUT2D eigenvalue weighted by Gasteiger charge is 2.08. The topological polar surface area (TPSA) is 70.2 Å². The van der Waals surface area contributed by atoms with Gasteiger partial charge in [-0.25, -0.2) is 8.78 Å². The van der Waals surface area contributed by atoms with E-state index in [1.807, 2.05) is 0 Å². The van der Waals surface area contributed by atoms with Gasteiger partial charge in [0.25, 0.3) is 5.56 Å². The van der Waals surface area contributed by atoms with Gasteiger partial charge in [0.1, 0.15) is 5.75 Å². The predicted molar refractivity (Wildman–Crippen MR) is 52.4 cm³/mol. The van der Waals surface area contributed by atoms with Crippen molar-refractivity contribution in [3.63, 3.8) is 0 Å². The smallest absolute Gasteiger partial charge is 0.296 e. The Labute approximate surface area is 86.8 Å². The summed E-state index contributed by atoms with van der Waals surface area (Å²) >= 11 is 0. The fourth-order valence-electron chi connectivity index (χ4n) is 1.31. The van der Waals surface area contributed by atoms with E-state index in [1.165, 1.54) is 0 Å². The van der Waals surface area contributed by atoms with Gasteiger partial charge in [0, 0.05) is 17.5 Å². The van der Waals surface area contributed by atoms with Gasteiger partial charge in [0.05, 0.1) is 5.52 Å². The Bertz CT molecular complexity index is 694. The molecule has 1 aromatic heterocycles. The first kappa shape index (κ1) is 10.3. The summed E-state index contributed by atoms with van der Waals surface area (Å²) in [5.74, 6) is -2.94. The maximum atomic E-state index is 12.9. The van der Waals surface area contributed by atoms with Crippen LogP contribution in [0.15, 0.2) is 27.8 Å². The van der Waals surface area contributed by atoms with E-state index in [9.17, 15) is 23.5 Å². The number of rotatable bonds is 0. The molecule has 16 heavy (non-hydrogen) atoms. The van der Waals surface area contributed by atoms with Crippen LogP contribution in [-0.4, -0.2) is 10.1 Å². The fourth-order valence-corrected chi connectivity index (χ4v) is 1.31. The van der Waals surface area contributed by atoms with E-state index in [4.69, 9.17) is 0 Å². The number of aromatic nitrogens is 1. The second-order valence-corrected chi connectivity index (χ2v) is 3.16. The van der Waals surface area contributed by atoms with Crippen LogP contribution in [0.4, 0.5) is 8.78 Å². The highest BCUT2D eigenvalue weighted by molar-refractivity contribution is 5.83. The third-order valence-electron chi connectivity index (χ3n) is 2.08. The van der Waals surface area contributed by atoms with Crippen molar-refractivity contribution >= 4 is 10.9 Å². The first-order chi connectivity index (χ1) is 7.49. The lowest BCUT2D eigenvalue weighted by molar-refractivity contribution is 0.479. The molecule has 0 aliphatic rings. The van der Waals surface area contributed by atoms with Crippen LogP contribution in [0.2, 0.25) is 0 Å². The van der Waals surface area contributed by atoms with Crippen LogP contribution >= 0.6 is 0 Å². The molecule has 1 aromatic carbocycles. The number of aromatic hydroxyl groups is 1. The molecule has 6 heteroatoms. The summed E-state index contributed by atoms with van der Waals surface area (Å²) in [6, 6.07) is 2.05. The standard InChI is InChI=1S/C10H5F2NO3/c11-5-1-4-7(2-6(5)12)13-10(16)9(15)3-8(4)14/h1-3,14H,(H,13,15,16). The summed E-state index contributed by atoms with van der Waals surface area (Å²) in [6.07, 6.45) is 0. The number of aromatic amines is 1. The van der Waals surface area contributed by atoms with Crippen LogP contribution in [0.3, 0.4) is 0 Å². The second-order valence-electron chi connectivity index (χ2n) is 3.16. The summed E-state index contributed by atoms with van der Waals surface area (Å²) in [5, 5.41) is 9.26. The molecule has 82 valence electrons. The summed E-state index contributed by atoms with van der Waals surface area (Å²) in [7, 11) is 0. The largest absolute Gasteiger partial charge is 0.507 e. The van der Waals surface area contributed by atoms with Gasteiger partial charge >= 0.3 is 0 Å². The van der Waals surface area contributed by atoms with E-state index >= 15 is 0 Å². The van der Waals surface area contributed by atoms with Gasteiger partial charge in [-0.1, -0.05) is 0 Å². The molecule has 0 saturated carbocycles. The first-order valence-electron chi connectivity index (χ1n) is 4.24. The Morgan fingerprint density at radius 1 is 1.06 bits per heavy atom. The van der Waals surface area contributed by atoms with Gasteiger partial charge in [0.2, 0.25) is 5.43 Å². The molecular formula is C10H5F2NO3. The molecular weight excluding hydrogens is 220 g/mol. The SMILES string of the molecule is O=c1cc(O)c2cc(F)c(F)cc2[nH]c1=O. The molecule has 2 rings (SSSR count). The van der Waals surface area contributed by atoms with Crippen molar-refractivity contribution < 1.29 is 13.9 Å². The lowest BCUT2D eigenvalue weighted by atomic mass is 10.2. The van der Waals surface area contributed by atoms with Crippen LogP contribution in [0.1, 0.15) is 0 Å². The highest BCUT2D eigenvalue weighted by atomic mass is 19.2. The molecule has 0 spiro atoms. The first-order valence-corrected chi connectivity index (χ1v) is 4.24. The average molecular weight is 225 g/mol. The van der Waals surface area contributed by atoms with Crippen molar-refractivity contribution in [1.29, 1.82) is 0 Å². The van der Waals surface area contributed by atoms with Gasteiger partial charge in [-0.3, -0.25) is 9.59 Å². The maximum absolute atomic E-state index is 12.9.